The number of hydrogen-bond acceptors (Lipinski definition) is 4. The van der Waals surface area contributed by atoms with Crippen LogP contribution in [0.25, 0.3) is 0 Å². The van der Waals surface area contributed by atoms with Gasteiger partial charge in [0, 0.05) is 26.6 Å². The van der Waals surface area contributed by atoms with E-state index in [9.17, 15) is 4.79 Å². The van der Waals surface area contributed by atoms with Gasteiger partial charge in [0.05, 0.1) is 10.7 Å². The summed E-state index contributed by atoms with van der Waals surface area (Å²) in [5, 5.41) is 1.10. The van der Waals surface area contributed by atoms with Gasteiger partial charge in [-0.1, -0.05) is 13.3 Å². The quantitative estimate of drug-likeness (QED) is 0.777. The van der Waals surface area contributed by atoms with Gasteiger partial charge in [-0.25, -0.2) is 4.98 Å². The number of thiazole rings is 1. The van der Waals surface area contributed by atoms with Gasteiger partial charge in [0.1, 0.15) is 4.88 Å². The van der Waals surface area contributed by atoms with Gasteiger partial charge in [-0.2, -0.15) is 0 Å². The molecule has 1 fully saturated rings. The predicted molar refractivity (Wildman–Crippen MR) is 88.1 cm³/mol. The van der Waals surface area contributed by atoms with Gasteiger partial charge in [0.2, 0.25) is 0 Å². The summed E-state index contributed by atoms with van der Waals surface area (Å²) in [6.07, 6.45) is 5.78. The second kappa shape index (κ2) is 7.90. The Morgan fingerprint density at radius 1 is 1.38 bits per heavy atom. The van der Waals surface area contributed by atoms with Crippen molar-refractivity contribution in [1.82, 2.24) is 14.8 Å². The van der Waals surface area contributed by atoms with E-state index in [1.54, 1.807) is 11.3 Å². The molecule has 0 radical (unpaired) electrons. The summed E-state index contributed by atoms with van der Waals surface area (Å²) in [7, 11) is 1.89. The molecule has 5 heteroatoms. The predicted octanol–water partition coefficient (Wildman–Crippen LogP) is 2.96. The summed E-state index contributed by atoms with van der Waals surface area (Å²) < 4.78 is 0. The molecule has 1 aromatic rings. The molecular weight excluding hydrogens is 282 g/mol. The van der Waals surface area contributed by atoms with Crippen molar-refractivity contribution < 1.29 is 4.79 Å². The van der Waals surface area contributed by atoms with Crippen LogP contribution in [0.5, 0.6) is 0 Å². The summed E-state index contributed by atoms with van der Waals surface area (Å²) in [6, 6.07) is 0. The average molecular weight is 309 g/mol. The first-order chi connectivity index (χ1) is 10.1. The number of unbranched alkanes of at least 4 members (excludes halogenated alkanes) is 1. The van der Waals surface area contributed by atoms with E-state index < -0.39 is 0 Å². The summed E-state index contributed by atoms with van der Waals surface area (Å²) >= 11 is 1.58. The van der Waals surface area contributed by atoms with E-state index in [2.05, 4.69) is 16.8 Å². The number of likely N-dealkylation sites (tertiary alicyclic amines) is 1. The second-order valence-corrected chi connectivity index (χ2v) is 6.98. The summed E-state index contributed by atoms with van der Waals surface area (Å²) in [5.74, 6) is 0.130. The molecule has 0 bridgehead atoms. The van der Waals surface area contributed by atoms with Crippen LogP contribution in [0.3, 0.4) is 0 Å². The van der Waals surface area contributed by atoms with Crippen LogP contribution in [-0.4, -0.2) is 53.9 Å². The molecule has 118 valence electrons. The Kier molecular flexibility index (Phi) is 6.18. The van der Waals surface area contributed by atoms with Gasteiger partial charge in [-0.05, 0) is 39.3 Å². The van der Waals surface area contributed by atoms with Crippen LogP contribution in [0.1, 0.15) is 53.0 Å². The highest BCUT2D eigenvalue weighted by atomic mass is 32.1. The Bertz CT molecular complexity index is 466. The lowest BCUT2D eigenvalue weighted by Crippen LogP contribution is -2.27. The average Bonchev–Trinajstić information content (AvgIpc) is 3.11. The fourth-order valence-electron chi connectivity index (χ4n) is 2.69. The maximum absolute atomic E-state index is 12.4. The monoisotopic (exact) mass is 309 g/mol. The molecule has 0 N–H and O–H groups in total. The van der Waals surface area contributed by atoms with Gasteiger partial charge < -0.3 is 9.80 Å². The molecule has 1 aromatic heterocycles. The standard InChI is InChI=1S/C16H27N3OS/c1-4-5-9-18(3)16(20)15-13(2)17-14(21-15)8-12-19-10-6-7-11-19/h4-12H2,1-3H3. The van der Waals surface area contributed by atoms with Crippen LogP contribution in [0.4, 0.5) is 0 Å². The molecule has 1 aliphatic heterocycles. The number of nitrogens with zero attached hydrogens (tertiary/aromatic N) is 3. The molecule has 2 heterocycles. The highest BCUT2D eigenvalue weighted by Gasteiger charge is 2.19. The first kappa shape index (κ1) is 16.4. The number of amides is 1. The molecule has 0 aromatic carbocycles. The largest absolute Gasteiger partial charge is 0.341 e. The summed E-state index contributed by atoms with van der Waals surface area (Å²) in [6.45, 7) is 8.44. The maximum Gasteiger partial charge on any atom is 0.265 e. The first-order valence-corrected chi connectivity index (χ1v) is 8.87. The minimum atomic E-state index is 0.130. The summed E-state index contributed by atoms with van der Waals surface area (Å²) in [5.41, 5.74) is 0.893. The van der Waals surface area contributed by atoms with Crippen molar-refractivity contribution in [3.8, 4) is 0 Å². The minimum Gasteiger partial charge on any atom is -0.341 e. The van der Waals surface area contributed by atoms with E-state index in [-0.39, 0.29) is 5.91 Å². The van der Waals surface area contributed by atoms with Crippen molar-refractivity contribution in [2.45, 2.75) is 46.0 Å². The van der Waals surface area contributed by atoms with Crippen LogP contribution >= 0.6 is 11.3 Å². The molecule has 2 rings (SSSR count). The number of carbonyl (C=O) groups is 1. The van der Waals surface area contributed by atoms with E-state index >= 15 is 0 Å². The molecule has 4 nitrogen and oxygen atoms in total. The van der Waals surface area contributed by atoms with Crippen molar-refractivity contribution >= 4 is 17.2 Å². The molecule has 1 aliphatic rings. The zero-order valence-electron chi connectivity index (χ0n) is 13.5. The number of rotatable bonds is 7. The second-order valence-electron chi connectivity index (χ2n) is 5.90. The lowest BCUT2D eigenvalue weighted by molar-refractivity contribution is 0.0797. The fraction of sp³-hybridized carbons (Fsp3) is 0.750. The van der Waals surface area contributed by atoms with Crippen LogP contribution in [-0.2, 0) is 6.42 Å². The Hall–Kier alpha value is -0.940. The molecule has 0 saturated carbocycles. The fourth-order valence-corrected chi connectivity index (χ4v) is 3.74. The molecule has 1 saturated heterocycles. The minimum absolute atomic E-state index is 0.130. The van der Waals surface area contributed by atoms with Gasteiger partial charge in [-0.15, -0.1) is 11.3 Å². The van der Waals surface area contributed by atoms with Crippen LogP contribution in [0, 0.1) is 6.92 Å². The SMILES string of the molecule is CCCCN(C)C(=O)c1sc(CCN2CCCC2)nc1C. The molecule has 0 unspecified atom stereocenters. The van der Waals surface area contributed by atoms with E-state index in [1.165, 1.54) is 25.9 Å². The van der Waals surface area contributed by atoms with Gasteiger partial charge in [-0.3, -0.25) is 4.79 Å². The lowest BCUT2D eigenvalue weighted by Gasteiger charge is -2.15. The highest BCUT2D eigenvalue weighted by molar-refractivity contribution is 7.13. The highest BCUT2D eigenvalue weighted by Crippen LogP contribution is 2.21. The van der Waals surface area contributed by atoms with E-state index in [0.29, 0.717) is 0 Å². The topological polar surface area (TPSA) is 36.4 Å². The zero-order valence-corrected chi connectivity index (χ0v) is 14.3. The van der Waals surface area contributed by atoms with E-state index in [0.717, 1.165) is 47.9 Å². The van der Waals surface area contributed by atoms with Gasteiger partial charge in [0.25, 0.3) is 5.91 Å². The van der Waals surface area contributed by atoms with Crippen LogP contribution in [0.2, 0.25) is 0 Å². The Labute approximate surface area is 132 Å². The Morgan fingerprint density at radius 2 is 2.10 bits per heavy atom. The van der Waals surface area contributed by atoms with Gasteiger partial charge >= 0.3 is 0 Å². The van der Waals surface area contributed by atoms with Crippen LogP contribution < -0.4 is 0 Å². The number of aromatic nitrogens is 1. The third-order valence-electron chi connectivity index (χ3n) is 4.07. The smallest absolute Gasteiger partial charge is 0.265 e. The molecule has 0 spiro atoms. The molecule has 21 heavy (non-hydrogen) atoms. The third kappa shape index (κ3) is 4.51. The number of aryl methyl sites for hydroxylation is 1. The van der Waals surface area contributed by atoms with Crippen molar-refractivity contribution in [1.29, 1.82) is 0 Å². The first-order valence-electron chi connectivity index (χ1n) is 8.06. The Balaban J connectivity index is 1.92. The van der Waals surface area contributed by atoms with Crippen LogP contribution in [0.15, 0.2) is 0 Å². The third-order valence-corrected chi connectivity index (χ3v) is 5.27. The molecule has 0 aliphatic carbocycles. The van der Waals surface area contributed by atoms with E-state index in [4.69, 9.17) is 0 Å². The van der Waals surface area contributed by atoms with Crippen molar-refractivity contribution in [3.63, 3.8) is 0 Å². The molecule has 1 amide bonds. The molecule has 0 atom stereocenters. The lowest BCUT2D eigenvalue weighted by atomic mass is 10.3. The molecular formula is C16H27N3OS. The maximum atomic E-state index is 12.4. The van der Waals surface area contributed by atoms with Crippen molar-refractivity contribution in [2.24, 2.45) is 0 Å². The number of hydrogen-bond donors (Lipinski definition) is 0. The Morgan fingerprint density at radius 3 is 2.76 bits per heavy atom. The van der Waals surface area contributed by atoms with E-state index in [1.807, 2.05) is 18.9 Å². The van der Waals surface area contributed by atoms with Crippen molar-refractivity contribution in [2.75, 3.05) is 33.2 Å². The van der Waals surface area contributed by atoms with Gasteiger partial charge in [0.15, 0.2) is 0 Å². The zero-order chi connectivity index (χ0) is 15.2. The normalized spacial score (nSPS) is 15.6. The number of carbonyl (C=O) groups excluding carboxylic acids is 1. The summed E-state index contributed by atoms with van der Waals surface area (Å²) in [4.78, 5) is 22.2. The van der Waals surface area contributed by atoms with Crippen molar-refractivity contribution in [3.05, 3.63) is 15.6 Å².